The number of rotatable bonds is 9. The molecule has 3 N–H and O–H groups in total. The highest BCUT2D eigenvalue weighted by Gasteiger charge is 2.20. The monoisotopic (exact) mass is 412 g/mol. The summed E-state index contributed by atoms with van der Waals surface area (Å²) in [7, 11) is 1.63. The number of aromatic nitrogens is 3. The van der Waals surface area contributed by atoms with E-state index in [2.05, 4.69) is 20.5 Å². The lowest BCUT2D eigenvalue weighted by Gasteiger charge is -2.15. The van der Waals surface area contributed by atoms with Crippen LogP contribution in [-0.2, 0) is 4.79 Å². The van der Waals surface area contributed by atoms with Gasteiger partial charge in [0.25, 0.3) is 0 Å². The second-order valence-electron chi connectivity index (χ2n) is 6.49. The molecule has 0 saturated carbocycles. The van der Waals surface area contributed by atoms with Crippen molar-refractivity contribution in [1.82, 2.24) is 20.5 Å². The Hall–Kier alpha value is -2.84. The fraction of sp³-hybridized carbons (Fsp3) is 0.286. The SMILES string of the molecule is COc1ccc(-c2nc(SC(CC(=O)NCCO)c3ccc(C)cc3)n[nH]2)cc1. The van der Waals surface area contributed by atoms with Crippen molar-refractivity contribution < 1.29 is 14.6 Å². The van der Waals surface area contributed by atoms with Gasteiger partial charge in [-0.1, -0.05) is 41.6 Å². The number of amides is 1. The van der Waals surface area contributed by atoms with Crippen molar-refractivity contribution in [1.29, 1.82) is 0 Å². The number of nitrogens with one attached hydrogen (secondary N) is 2. The Morgan fingerprint density at radius 1 is 1.21 bits per heavy atom. The first-order chi connectivity index (χ1) is 14.1. The molecule has 1 amide bonds. The van der Waals surface area contributed by atoms with E-state index in [1.807, 2.05) is 55.5 Å². The Bertz CT molecular complexity index is 926. The lowest BCUT2D eigenvalue weighted by Crippen LogP contribution is -2.27. The summed E-state index contributed by atoms with van der Waals surface area (Å²) in [5.41, 5.74) is 3.08. The smallest absolute Gasteiger partial charge is 0.221 e. The number of methoxy groups -OCH3 is 1. The third-order valence-electron chi connectivity index (χ3n) is 4.33. The molecule has 3 rings (SSSR count). The molecule has 0 bridgehead atoms. The molecule has 0 radical (unpaired) electrons. The standard InChI is InChI=1S/C21H24N4O3S/c1-14-3-5-15(6-4-14)18(13-19(27)22-11-12-26)29-21-23-20(24-25-21)16-7-9-17(28-2)10-8-16/h3-10,18,26H,11-13H2,1-2H3,(H,22,27)(H,23,24,25). The van der Waals surface area contributed by atoms with Crippen LogP contribution in [0.3, 0.4) is 0 Å². The van der Waals surface area contributed by atoms with Gasteiger partial charge in [0.15, 0.2) is 5.82 Å². The Labute approximate surface area is 173 Å². The van der Waals surface area contributed by atoms with Crippen LogP contribution in [0.2, 0.25) is 0 Å². The molecule has 8 heteroatoms. The zero-order chi connectivity index (χ0) is 20.6. The van der Waals surface area contributed by atoms with Gasteiger partial charge in [0.2, 0.25) is 11.1 Å². The van der Waals surface area contributed by atoms with Gasteiger partial charge in [-0.15, -0.1) is 5.10 Å². The van der Waals surface area contributed by atoms with Gasteiger partial charge in [-0.3, -0.25) is 9.89 Å². The highest BCUT2D eigenvalue weighted by molar-refractivity contribution is 7.99. The van der Waals surface area contributed by atoms with Crippen LogP contribution in [0, 0.1) is 6.92 Å². The molecule has 0 aliphatic heterocycles. The van der Waals surface area contributed by atoms with Crippen molar-refractivity contribution in [2.45, 2.75) is 23.8 Å². The first-order valence-electron chi connectivity index (χ1n) is 9.26. The molecular weight excluding hydrogens is 388 g/mol. The van der Waals surface area contributed by atoms with E-state index in [1.54, 1.807) is 7.11 Å². The van der Waals surface area contributed by atoms with Gasteiger partial charge in [-0.25, -0.2) is 4.98 Å². The molecule has 1 unspecified atom stereocenters. The van der Waals surface area contributed by atoms with Gasteiger partial charge in [0, 0.05) is 23.8 Å². The van der Waals surface area contributed by atoms with Crippen molar-refractivity contribution in [3.63, 3.8) is 0 Å². The molecule has 152 valence electrons. The van der Waals surface area contributed by atoms with Crippen LogP contribution in [-0.4, -0.2) is 46.5 Å². The minimum atomic E-state index is -0.145. The first-order valence-corrected chi connectivity index (χ1v) is 10.1. The van der Waals surface area contributed by atoms with Crippen LogP contribution in [0.4, 0.5) is 0 Å². The summed E-state index contributed by atoms with van der Waals surface area (Å²) in [5, 5.41) is 19.3. The van der Waals surface area contributed by atoms with E-state index in [0.717, 1.165) is 22.4 Å². The molecule has 1 aromatic heterocycles. The molecule has 7 nitrogen and oxygen atoms in total. The van der Waals surface area contributed by atoms with Crippen LogP contribution in [0.25, 0.3) is 11.4 Å². The number of aromatic amines is 1. The number of carbonyl (C=O) groups is 1. The quantitative estimate of drug-likeness (QED) is 0.467. The summed E-state index contributed by atoms with van der Waals surface area (Å²) in [5.74, 6) is 1.31. The van der Waals surface area contributed by atoms with E-state index in [4.69, 9.17) is 9.84 Å². The Kier molecular flexibility index (Phi) is 7.26. The normalized spacial score (nSPS) is 11.8. The fourth-order valence-electron chi connectivity index (χ4n) is 2.75. The zero-order valence-corrected chi connectivity index (χ0v) is 17.2. The lowest BCUT2D eigenvalue weighted by atomic mass is 10.1. The maximum atomic E-state index is 12.2. The third-order valence-corrected chi connectivity index (χ3v) is 5.45. The van der Waals surface area contributed by atoms with Crippen LogP contribution in [0.15, 0.2) is 53.7 Å². The molecule has 0 aliphatic carbocycles. The Morgan fingerprint density at radius 3 is 2.59 bits per heavy atom. The van der Waals surface area contributed by atoms with Crippen molar-refractivity contribution in [2.24, 2.45) is 0 Å². The van der Waals surface area contributed by atoms with Crippen molar-refractivity contribution in [3.05, 3.63) is 59.7 Å². The topological polar surface area (TPSA) is 100 Å². The number of benzene rings is 2. The van der Waals surface area contributed by atoms with E-state index < -0.39 is 0 Å². The van der Waals surface area contributed by atoms with Crippen molar-refractivity contribution in [3.8, 4) is 17.1 Å². The predicted molar refractivity (Wildman–Crippen MR) is 113 cm³/mol. The molecule has 0 aliphatic rings. The number of thioether (sulfide) groups is 1. The second kappa shape index (κ2) is 10.1. The minimum Gasteiger partial charge on any atom is -0.497 e. The predicted octanol–water partition coefficient (Wildman–Crippen LogP) is 3.12. The molecule has 29 heavy (non-hydrogen) atoms. The van der Waals surface area contributed by atoms with Crippen LogP contribution >= 0.6 is 11.8 Å². The maximum absolute atomic E-state index is 12.2. The number of ether oxygens (including phenoxy) is 1. The van der Waals surface area contributed by atoms with E-state index in [9.17, 15) is 4.79 Å². The molecule has 0 fully saturated rings. The average Bonchev–Trinajstić information content (AvgIpc) is 3.21. The summed E-state index contributed by atoms with van der Waals surface area (Å²) in [4.78, 5) is 16.8. The maximum Gasteiger partial charge on any atom is 0.221 e. The van der Waals surface area contributed by atoms with Crippen LogP contribution < -0.4 is 10.1 Å². The van der Waals surface area contributed by atoms with E-state index >= 15 is 0 Å². The van der Waals surface area contributed by atoms with Crippen molar-refractivity contribution in [2.75, 3.05) is 20.3 Å². The van der Waals surface area contributed by atoms with Gasteiger partial charge in [0.05, 0.1) is 13.7 Å². The number of hydrogen-bond donors (Lipinski definition) is 3. The summed E-state index contributed by atoms with van der Waals surface area (Å²) in [6.45, 7) is 2.18. The summed E-state index contributed by atoms with van der Waals surface area (Å²) >= 11 is 1.43. The number of nitrogens with zero attached hydrogens (tertiary/aromatic N) is 2. The van der Waals surface area contributed by atoms with Crippen LogP contribution in [0.1, 0.15) is 22.8 Å². The highest BCUT2D eigenvalue weighted by atomic mass is 32.2. The number of hydrogen-bond acceptors (Lipinski definition) is 6. The fourth-order valence-corrected chi connectivity index (χ4v) is 3.77. The van der Waals surface area contributed by atoms with E-state index in [1.165, 1.54) is 11.8 Å². The summed E-state index contributed by atoms with van der Waals surface area (Å²) in [6.07, 6.45) is 0.264. The van der Waals surface area contributed by atoms with Crippen LogP contribution in [0.5, 0.6) is 5.75 Å². The van der Waals surface area contributed by atoms with Gasteiger partial charge < -0.3 is 15.2 Å². The zero-order valence-electron chi connectivity index (χ0n) is 16.4. The van der Waals surface area contributed by atoms with Crippen molar-refractivity contribution >= 4 is 17.7 Å². The third kappa shape index (κ3) is 5.82. The lowest BCUT2D eigenvalue weighted by molar-refractivity contribution is -0.121. The molecule has 1 atom stereocenters. The molecular formula is C21H24N4O3S. The molecule has 0 spiro atoms. The van der Waals surface area contributed by atoms with Gasteiger partial charge in [-0.05, 0) is 36.8 Å². The van der Waals surface area contributed by atoms with E-state index in [0.29, 0.717) is 11.0 Å². The Morgan fingerprint density at radius 2 is 1.93 bits per heavy atom. The number of aryl methyl sites for hydroxylation is 1. The first kappa shape index (κ1) is 20.9. The number of H-pyrrole nitrogens is 1. The summed E-state index contributed by atoms with van der Waals surface area (Å²) in [6, 6.07) is 15.6. The second-order valence-corrected chi connectivity index (χ2v) is 7.66. The number of aliphatic hydroxyl groups is 1. The number of aliphatic hydroxyl groups excluding tert-OH is 1. The molecule has 3 aromatic rings. The molecule has 0 saturated heterocycles. The number of carbonyl (C=O) groups excluding carboxylic acids is 1. The highest BCUT2D eigenvalue weighted by Crippen LogP contribution is 2.36. The molecule has 2 aromatic carbocycles. The minimum absolute atomic E-state index is 0.0831. The van der Waals surface area contributed by atoms with Gasteiger partial charge in [-0.2, -0.15) is 0 Å². The molecule has 1 heterocycles. The van der Waals surface area contributed by atoms with E-state index in [-0.39, 0.29) is 30.7 Å². The van der Waals surface area contributed by atoms with Gasteiger partial charge in [0.1, 0.15) is 5.75 Å². The van der Waals surface area contributed by atoms with Gasteiger partial charge >= 0.3 is 0 Å². The average molecular weight is 413 g/mol. The largest absolute Gasteiger partial charge is 0.497 e. The summed E-state index contributed by atoms with van der Waals surface area (Å²) < 4.78 is 5.18. The Balaban J connectivity index is 1.77.